The molecule has 1 aliphatic heterocycles. The number of benzene rings is 1. The van der Waals surface area contributed by atoms with Gasteiger partial charge in [-0.05, 0) is 123 Å². The van der Waals surface area contributed by atoms with Crippen molar-refractivity contribution >= 4 is 27.5 Å². The Bertz CT molecular complexity index is 1070. The van der Waals surface area contributed by atoms with Gasteiger partial charge in [0, 0.05) is 30.0 Å². The third kappa shape index (κ3) is 3.96. The number of halogens is 1. The van der Waals surface area contributed by atoms with Crippen molar-refractivity contribution in [3.8, 4) is 0 Å². The molecule has 1 saturated heterocycles. The number of alkyl halides is 1. The van der Waals surface area contributed by atoms with Gasteiger partial charge in [0.1, 0.15) is 0 Å². The molecule has 3 nitrogen and oxygen atoms in total. The van der Waals surface area contributed by atoms with Crippen molar-refractivity contribution < 1.29 is 4.79 Å². The minimum Gasteiger partial charge on any atom is -0.378 e. The zero-order chi connectivity index (χ0) is 26.9. The molecule has 5 aliphatic rings. The third-order valence-electron chi connectivity index (χ3n) is 13.3. The molecule has 4 heteroatoms. The second-order valence-corrected chi connectivity index (χ2v) is 15.7. The number of nitrogens with zero attached hydrogens (tertiary/aromatic N) is 1. The van der Waals surface area contributed by atoms with E-state index in [1.807, 2.05) is 0 Å². The van der Waals surface area contributed by atoms with E-state index in [9.17, 15) is 4.79 Å². The largest absolute Gasteiger partial charge is 0.378 e. The lowest BCUT2D eigenvalue weighted by molar-refractivity contribution is -0.159. The minimum atomic E-state index is 0.115. The Labute approximate surface area is 240 Å². The zero-order valence-corrected chi connectivity index (χ0v) is 26.2. The van der Waals surface area contributed by atoms with Gasteiger partial charge < -0.3 is 10.2 Å². The molecular formula is C34H51BrN2O. The number of likely N-dealkylation sites (tertiary alicyclic amines) is 1. The van der Waals surface area contributed by atoms with Crippen molar-refractivity contribution in [3.05, 3.63) is 29.3 Å². The van der Waals surface area contributed by atoms with Crippen molar-refractivity contribution in [3.63, 3.8) is 0 Å². The first-order valence-corrected chi connectivity index (χ1v) is 16.8. The van der Waals surface area contributed by atoms with Gasteiger partial charge in [-0.25, -0.2) is 0 Å². The van der Waals surface area contributed by atoms with Gasteiger partial charge in [0.2, 0.25) is 5.91 Å². The maximum Gasteiger partial charge on any atom is 0.222 e. The Morgan fingerprint density at radius 3 is 2.50 bits per heavy atom. The molecule has 6 rings (SSSR count). The molecule has 4 aliphatic carbocycles. The molecular weight excluding hydrogens is 532 g/mol. The predicted molar refractivity (Wildman–Crippen MR) is 162 cm³/mol. The molecule has 0 bridgehead atoms. The maximum absolute atomic E-state index is 12.6. The molecule has 38 heavy (non-hydrogen) atoms. The Morgan fingerprint density at radius 1 is 0.895 bits per heavy atom. The maximum atomic E-state index is 12.6. The van der Waals surface area contributed by atoms with Gasteiger partial charge in [-0.15, -0.1) is 0 Å². The van der Waals surface area contributed by atoms with E-state index in [-0.39, 0.29) is 5.54 Å². The molecule has 4 saturated carbocycles. The van der Waals surface area contributed by atoms with Crippen LogP contribution < -0.4 is 5.32 Å². The fourth-order valence-electron chi connectivity index (χ4n) is 11.1. The number of nitrogens with one attached hydrogen (secondary N) is 1. The zero-order valence-electron chi connectivity index (χ0n) is 24.6. The lowest BCUT2D eigenvalue weighted by atomic mass is 9.46. The molecule has 210 valence electrons. The van der Waals surface area contributed by atoms with Crippen molar-refractivity contribution in [1.29, 1.82) is 0 Å². The van der Waals surface area contributed by atoms with E-state index in [0.29, 0.717) is 33.5 Å². The van der Waals surface area contributed by atoms with Gasteiger partial charge in [-0.3, -0.25) is 4.79 Å². The van der Waals surface area contributed by atoms with E-state index >= 15 is 0 Å². The standard InChI is InChI=1S/C34H51BrN2O/c1-22-10-9-11-27(23(22)2)36-34(19-8-6-7-12-29(34)35)28-15-14-25-24-13-16-30-33(4,21-18-31(38)37(30)5)26(24)17-20-32(25,28)3/h9-11,24-26,28-30,36H,6-8,12-21H2,1-5H3/t24-,25-,26-,28-,29?,30+,32-,33+,34?/m0/s1. The molecule has 0 aromatic heterocycles. The van der Waals surface area contributed by atoms with Crippen LogP contribution in [0.4, 0.5) is 5.69 Å². The van der Waals surface area contributed by atoms with Gasteiger partial charge in [-0.1, -0.05) is 61.2 Å². The molecule has 1 aromatic carbocycles. The molecule has 5 fully saturated rings. The summed E-state index contributed by atoms with van der Waals surface area (Å²) >= 11 is 4.35. The first-order valence-electron chi connectivity index (χ1n) is 15.9. The highest BCUT2D eigenvalue weighted by Crippen LogP contribution is 2.68. The first kappa shape index (κ1) is 27.2. The van der Waals surface area contributed by atoms with Crippen molar-refractivity contribution in [2.24, 2.45) is 34.5 Å². The van der Waals surface area contributed by atoms with E-state index in [1.165, 1.54) is 87.4 Å². The highest BCUT2D eigenvalue weighted by molar-refractivity contribution is 9.09. The van der Waals surface area contributed by atoms with Gasteiger partial charge >= 0.3 is 0 Å². The van der Waals surface area contributed by atoms with Crippen molar-refractivity contribution in [2.75, 3.05) is 12.4 Å². The molecule has 9 atom stereocenters. The second-order valence-electron chi connectivity index (χ2n) is 14.6. The van der Waals surface area contributed by atoms with Crippen molar-refractivity contribution in [2.45, 2.75) is 128 Å². The number of anilines is 1. The molecule has 0 radical (unpaired) electrons. The summed E-state index contributed by atoms with van der Waals surface area (Å²) in [7, 11) is 2.09. The summed E-state index contributed by atoms with van der Waals surface area (Å²) in [6.45, 7) is 9.84. The Morgan fingerprint density at radius 2 is 1.68 bits per heavy atom. The summed E-state index contributed by atoms with van der Waals surface area (Å²) in [5.41, 5.74) is 4.98. The normalized spacial score (nSPS) is 45.1. The van der Waals surface area contributed by atoms with Crippen LogP contribution in [0.1, 0.15) is 108 Å². The fraction of sp³-hybridized carbons (Fsp3) is 0.794. The van der Waals surface area contributed by atoms with Gasteiger partial charge in [-0.2, -0.15) is 0 Å². The average Bonchev–Trinajstić information content (AvgIpc) is 3.15. The Balaban J connectivity index is 1.34. The summed E-state index contributed by atoms with van der Waals surface area (Å²) in [6.07, 6.45) is 16.5. The van der Waals surface area contributed by atoms with Gasteiger partial charge in [0.05, 0.1) is 5.54 Å². The summed E-state index contributed by atoms with van der Waals surface area (Å²) in [6, 6.07) is 7.29. The summed E-state index contributed by atoms with van der Waals surface area (Å²) in [4.78, 5) is 15.3. The van der Waals surface area contributed by atoms with Crippen LogP contribution in [0.3, 0.4) is 0 Å². The molecule has 1 heterocycles. The third-order valence-corrected chi connectivity index (χ3v) is 14.5. The summed E-state index contributed by atoms with van der Waals surface area (Å²) < 4.78 is 0. The van der Waals surface area contributed by atoms with E-state index < -0.39 is 0 Å². The number of rotatable bonds is 3. The summed E-state index contributed by atoms with van der Waals surface area (Å²) in [5.74, 6) is 3.52. The predicted octanol–water partition coefficient (Wildman–Crippen LogP) is 8.66. The highest BCUT2D eigenvalue weighted by atomic mass is 79.9. The Hall–Kier alpha value is -1.03. The lowest BCUT2D eigenvalue weighted by Crippen LogP contribution is -2.62. The van der Waals surface area contributed by atoms with Crippen LogP contribution >= 0.6 is 15.9 Å². The average molecular weight is 584 g/mol. The van der Waals surface area contributed by atoms with Crippen LogP contribution in [-0.4, -0.2) is 34.3 Å². The number of carbonyl (C=O) groups is 1. The molecule has 1 aromatic rings. The number of carbonyl (C=O) groups excluding carboxylic acids is 1. The van der Waals surface area contributed by atoms with Crippen LogP contribution in [0.15, 0.2) is 18.2 Å². The number of hydrogen-bond donors (Lipinski definition) is 1. The topological polar surface area (TPSA) is 32.3 Å². The van der Waals surface area contributed by atoms with Crippen LogP contribution in [0.25, 0.3) is 0 Å². The van der Waals surface area contributed by atoms with E-state index in [4.69, 9.17) is 0 Å². The van der Waals surface area contributed by atoms with E-state index in [2.05, 4.69) is 79.1 Å². The van der Waals surface area contributed by atoms with Crippen LogP contribution in [0, 0.1) is 48.3 Å². The first-order chi connectivity index (χ1) is 18.1. The fourth-order valence-corrected chi connectivity index (χ4v) is 12.1. The van der Waals surface area contributed by atoms with Crippen LogP contribution in [0.2, 0.25) is 0 Å². The van der Waals surface area contributed by atoms with Gasteiger partial charge in [0.15, 0.2) is 0 Å². The highest BCUT2D eigenvalue weighted by Gasteiger charge is 2.64. The molecule has 0 spiro atoms. The minimum absolute atomic E-state index is 0.115. The van der Waals surface area contributed by atoms with Crippen LogP contribution in [0.5, 0.6) is 0 Å². The molecule has 1 amide bonds. The van der Waals surface area contributed by atoms with Crippen LogP contribution in [-0.2, 0) is 4.79 Å². The number of amides is 1. The molecule has 2 unspecified atom stereocenters. The lowest BCUT2D eigenvalue weighted by Gasteiger charge is -2.63. The van der Waals surface area contributed by atoms with Crippen molar-refractivity contribution in [1.82, 2.24) is 4.90 Å². The van der Waals surface area contributed by atoms with E-state index in [0.717, 1.165) is 30.6 Å². The number of fused-ring (bicyclic) bond motifs is 5. The summed E-state index contributed by atoms with van der Waals surface area (Å²) in [5, 5.41) is 4.34. The SMILES string of the molecule is Cc1cccc(NC2([C@H]3CC[C@H]4[C@@H]5CC[C@H]6N(C)C(=O)CC[C@]6(C)[C@H]5CC[C@]34C)CCCCCC2Br)c1C. The second kappa shape index (κ2) is 9.81. The Kier molecular flexibility index (Phi) is 7.01. The number of hydrogen-bond acceptors (Lipinski definition) is 2. The molecule has 1 N–H and O–H groups in total. The van der Waals surface area contributed by atoms with E-state index in [1.54, 1.807) is 0 Å². The smallest absolute Gasteiger partial charge is 0.222 e. The number of piperidine rings is 1. The monoisotopic (exact) mass is 582 g/mol. The quantitative estimate of drug-likeness (QED) is 0.285. The van der Waals surface area contributed by atoms with Gasteiger partial charge in [0.25, 0.3) is 0 Å². The number of aryl methyl sites for hydroxylation is 1.